The summed E-state index contributed by atoms with van der Waals surface area (Å²) in [5.41, 5.74) is 1.19. The van der Waals surface area contributed by atoms with Gasteiger partial charge in [-0.15, -0.1) is 0 Å². The highest BCUT2D eigenvalue weighted by molar-refractivity contribution is 5.88. The molecule has 5 nitrogen and oxygen atoms in total. The summed E-state index contributed by atoms with van der Waals surface area (Å²) < 4.78 is 6.37. The smallest absolute Gasteiger partial charge is 0.318 e. The van der Waals surface area contributed by atoms with Gasteiger partial charge in [0.25, 0.3) is 0 Å². The third-order valence-electron chi connectivity index (χ3n) is 6.46. The maximum atomic E-state index is 12.3. The average molecular weight is 370 g/mol. The third-order valence-corrected chi connectivity index (χ3v) is 6.46. The second-order valence-electron chi connectivity index (χ2n) is 8.29. The lowest BCUT2D eigenvalue weighted by Crippen LogP contribution is -2.38. The van der Waals surface area contributed by atoms with E-state index < -0.39 is 0 Å². The molecule has 5 heteroatoms. The zero-order valence-corrected chi connectivity index (χ0v) is 15.9. The number of carbonyl (C=O) groups is 2. The summed E-state index contributed by atoms with van der Waals surface area (Å²) in [6, 6.07) is 10.4. The minimum Gasteiger partial charge on any atom is -0.373 e. The Labute approximate surface area is 161 Å². The summed E-state index contributed by atoms with van der Waals surface area (Å²) in [6.45, 7) is 1.30. The van der Waals surface area contributed by atoms with Crippen molar-refractivity contribution in [3.63, 3.8) is 0 Å². The molecule has 3 atom stereocenters. The van der Waals surface area contributed by atoms with Crippen molar-refractivity contribution in [1.82, 2.24) is 10.2 Å². The standard InChI is InChI=1S/C22H30N2O3/c25-18-13-19-20(14-18)24(22(26)23-19)12-11-21(17-9-5-2-6-10-17)27-15-16-7-3-1-4-8-16/h1,3-4,7-8,17,19-21H,2,5-6,9-15H2,(H,23,26)/t19-,20+,21?/m1/s1. The first-order chi connectivity index (χ1) is 13.2. The molecule has 0 spiro atoms. The van der Waals surface area contributed by atoms with E-state index in [-0.39, 0.29) is 30.0 Å². The van der Waals surface area contributed by atoms with Crippen LogP contribution < -0.4 is 5.32 Å². The van der Waals surface area contributed by atoms with Gasteiger partial charge in [0.2, 0.25) is 0 Å². The second kappa shape index (κ2) is 8.42. The number of benzene rings is 1. The Bertz CT molecular complexity index is 657. The number of rotatable bonds is 7. The van der Waals surface area contributed by atoms with Crippen molar-refractivity contribution in [2.45, 2.75) is 76.2 Å². The largest absolute Gasteiger partial charge is 0.373 e. The SMILES string of the molecule is O=C1C[C@H]2NC(=O)N(CCC(OCc3ccccc3)C3CCCCC3)[C@H]2C1. The maximum absolute atomic E-state index is 12.3. The first-order valence-corrected chi connectivity index (χ1v) is 10.4. The fourth-order valence-corrected chi connectivity index (χ4v) is 4.98. The van der Waals surface area contributed by atoms with Crippen LogP contribution in [-0.4, -0.2) is 41.4 Å². The molecule has 1 aromatic rings. The van der Waals surface area contributed by atoms with E-state index in [9.17, 15) is 9.59 Å². The number of hydrogen-bond acceptors (Lipinski definition) is 3. The number of ketones is 1. The summed E-state index contributed by atoms with van der Waals surface area (Å²) in [5.74, 6) is 0.841. The van der Waals surface area contributed by atoms with Crippen molar-refractivity contribution >= 4 is 11.8 Å². The Morgan fingerprint density at radius 3 is 2.63 bits per heavy atom. The Kier molecular flexibility index (Phi) is 5.77. The van der Waals surface area contributed by atoms with Crippen molar-refractivity contribution in [3.05, 3.63) is 35.9 Å². The highest BCUT2D eigenvalue weighted by Crippen LogP contribution is 2.32. The summed E-state index contributed by atoms with van der Waals surface area (Å²) in [4.78, 5) is 26.0. The van der Waals surface area contributed by atoms with E-state index in [1.165, 1.54) is 37.7 Å². The lowest BCUT2D eigenvalue weighted by molar-refractivity contribution is -0.117. The van der Waals surface area contributed by atoms with Gasteiger partial charge in [-0.1, -0.05) is 49.6 Å². The molecule has 0 radical (unpaired) electrons. The van der Waals surface area contributed by atoms with Gasteiger partial charge in [-0.2, -0.15) is 0 Å². The van der Waals surface area contributed by atoms with Crippen molar-refractivity contribution < 1.29 is 14.3 Å². The van der Waals surface area contributed by atoms with Gasteiger partial charge in [-0.05, 0) is 30.7 Å². The highest BCUT2D eigenvalue weighted by Gasteiger charge is 2.45. The van der Waals surface area contributed by atoms with E-state index >= 15 is 0 Å². The third kappa shape index (κ3) is 4.34. The van der Waals surface area contributed by atoms with E-state index in [4.69, 9.17) is 4.74 Å². The lowest BCUT2D eigenvalue weighted by Gasteiger charge is -2.32. The number of amides is 2. The molecule has 1 unspecified atom stereocenters. The molecule has 1 saturated heterocycles. The first kappa shape index (κ1) is 18.5. The van der Waals surface area contributed by atoms with Gasteiger partial charge in [0, 0.05) is 19.4 Å². The second-order valence-corrected chi connectivity index (χ2v) is 8.29. The zero-order chi connectivity index (χ0) is 18.6. The molecule has 3 fully saturated rings. The van der Waals surface area contributed by atoms with E-state index in [1.54, 1.807) is 0 Å². The number of fused-ring (bicyclic) bond motifs is 1. The van der Waals surface area contributed by atoms with Crippen molar-refractivity contribution in [1.29, 1.82) is 0 Å². The fraction of sp³-hybridized carbons (Fsp3) is 0.636. The van der Waals surface area contributed by atoms with Crippen molar-refractivity contribution in [3.8, 4) is 0 Å². The number of nitrogens with one attached hydrogen (secondary N) is 1. The van der Waals surface area contributed by atoms with Crippen LogP contribution in [0.1, 0.15) is 56.9 Å². The Hall–Kier alpha value is -1.88. The van der Waals surface area contributed by atoms with Crippen molar-refractivity contribution in [2.24, 2.45) is 5.92 Å². The van der Waals surface area contributed by atoms with E-state index in [0.717, 1.165) is 6.42 Å². The minimum absolute atomic E-state index is 0.0112. The van der Waals surface area contributed by atoms with Crippen LogP contribution in [0.2, 0.25) is 0 Å². The van der Waals surface area contributed by atoms with E-state index in [1.807, 2.05) is 23.1 Å². The molecule has 2 amide bonds. The van der Waals surface area contributed by atoms with Crippen LogP contribution >= 0.6 is 0 Å². The van der Waals surface area contributed by atoms with E-state index in [0.29, 0.717) is 31.9 Å². The van der Waals surface area contributed by atoms with Crippen LogP contribution in [0.3, 0.4) is 0 Å². The number of urea groups is 1. The van der Waals surface area contributed by atoms with Crippen LogP contribution in [0.15, 0.2) is 30.3 Å². The van der Waals surface area contributed by atoms with Crippen LogP contribution in [-0.2, 0) is 16.1 Å². The molecule has 2 aliphatic carbocycles. The number of Topliss-reactive ketones (excluding diaryl/α,β-unsaturated/α-hetero) is 1. The molecule has 4 rings (SSSR count). The molecule has 27 heavy (non-hydrogen) atoms. The van der Waals surface area contributed by atoms with Gasteiger partial charge in [-0.25, -0.2) is 4.79 Å². The summed E-state index contributed by atoms with van der Waals surface area (Å²) >= 11 is 0. The van der Waals surface area contributed by atoms with Gasteiger partial charge < -0.3 is 15.0 Å². The number of nitrogens with zero attached hydrogens (tertiary/aromatic N) is 1. The molecule has 2 saturated carbocycles. The Balaban J connectivity index is 1.38. The number of ether oxygens (including phenoxy) is 1. The average Bonchev–Trinajstić information content (AvgIpc) is 3.18. The molecule has 146 valence electrons. The lowest BCUT2D eigenvalue weighted by atomic mass is 9.84. The number of carbonyl (C=O) groups excluding carboxylic acids is 2. The van der Waals surface area contributed by atoms with Crippen LogP contribution in [0.4, 0.5) is 4.79 Å². The quantitative estimate of drug-likeness (QED) is 0.797. The van der Waals surface area contributed by atoms with Gasteiger partial charge in [0.05, 0.1) is 24.8 Å². The maximum Gasteiger partial charge on any atom is 0.318 e. The van der Waals surface area contributed by atoms with Gasteiger partial charge in [0.15, 0.2) is 0 Å². The molecule has 0 aromatic heterocycles. The Morgan fingerprint density at radius 1 is 1.07 bits per heavy atom. The van der Waals surface area contributed by atoms with Gasteiger partial charge >= 0.3 is 6.03 Å². The Morgan fingerprint density at radius 2 is 1.85 bits per heavy atom. The molecular weight excluding hydrogens is 340 g/mol. The fourth-order valence-electron chi connectivity index (χ4n) is 4.98. The normalized spacial score (nSPS) is 26.9. The molecule has 1 aromatic carbocycles. The summed E-state index contributed by atoms with van der Waals surface area (Å²) in [7, 11) is 0. The monoisotopic (exact) mass is 370 g/mol. The summed E-state index contributed by atoms with van der Waals surface area (Å²) in [6.07, 6.45) is 8.33. The molecular formula is C22H30N2O3. The molecule has 3 aliphatic rings. The molecule has 1 N–H and O–H groups in total. The summed E-state index contributed by atoms with van der Waals surface area (Å²) in [5, 5.41) is 2.98. The predicted molar refractivity (Wildman–Crippen MR) is 103 cm³/mol. The van der Waals surface area contributed by atoms with Crippen molar-refractivity contribution in [2.75, 3.05) is 6.54 Å². The minimum atomic E-state index is -0.0112. The van der Waals surface area contributed by atoms with E-state index in [2.05, 4.69) is 17.4 Å². The number of hydrogen-bond donors (Lipinski definition) is 1. The van der Waals surface area contributed by atoms with Crippen LogP contribution in [0.5, 0.6) is 0 Å². The molecule has 0 bridgehead atoms. The molecule has 1 aliphatic heterocycles. The van der Waals surface area contributed by atoms with Crippen LogP contribution in [0, 0.1) is 5.92 Å². The van der Waals surface area contributed by atoms with Gasteiger partial charge in [0.1, 0.15) is 5.78 Å². The van der Waals surface area contributed by atoms with Crippen LogP contribution in [0.25, 0.3) is 0 Å². The predicted octanol–water partition coefficient (Wildman–Crippen LogP) is 3.67. The van der Waals surface area contributed by atoms with Gasteiger partial charge in [-0.3, -0.25) is 4.79 Å². The highest BCUT2D eigenvalue weighted by atomic mass is 16.5. The molecule has 1 heterocycles. The first-order valence-electron chi connectivity index (χ1n) is 10.4. The topological polar surface area (TPSA) is 58.6 Å². The zero-order valence-electron chi connectivity index (χ0n) is 15.9.